The van der Waals surface area contributed by atoms with Crippen LogP contribution in [0.3, 0.4) is 0 Å². The van der Waals surface area contributed by atoms with Crippen LogP contribution in [0.1, 0.15) is 21.5 Å². The summed E-state index contributed by atoms with van der Waals surface area (Å²) in [6.45, 7) is 0. The first-order valence-electron chi connectivity index (χ1n) is 10.1. The smallest absolute Gasteiger partial charge is 0.475 e. The first kappa shape index (κ1) is 29.8. The van der Waals surface area contributed by atoms with Crippen molar-refractivity contribution in [2.45, 2.75) is 12.4 Å². The molecule has 0 aliphatic rings. The van der Waals surface area contributed by atoms with Crippen molar-refractivity contribution >= 4 is 47.0 Å². The molecule has 2 amide bonds. The number of alkyl halides is 6. The fourth-order valence-corrected chi connectivity index (χ4v) is 2.66. The first-order chi connectivity index (χ1) is 17.6. The largest absolute Gasteiger partial charge is 0.490 e. The number of aliphatic carboxylic acids is 1. The van der Waals surface area contributed by atoms with E-state index in [1.54, 1.807) is 24.3 Å². The molecule has 0 fully saturated rings. The molecule has 3 aromatic rings. The van der Waals surface area contributed by atoms with Crippen molar-refractivity contribution in [3.63, 3.8) is 0 Å². The summed E-state index contributed by atoms with van der Waals surface area (Å²) in [4.78, 5) is 37.3. The van der Waals surface area contributed by atoms with Crippen LogP contribution >= 0.6 is 11.6 Å². The van der Waals surface area contributed by atoms with Gasteiger partial charge in [0.25, 0.3) is 5.91 Å². The standard InChI is InChI=1S/C22H15ClF3N3O2.C2HF3O2/c23-17-8-9-19(27-13-17)29-20(30)10-7-14-3-1-4-15(11-14)21(31)28-18-6-2-5-16(12-18)22(24,25)26;3-2(4,5)1(6)7/h1-13H,(H,28,31)(H,27,29,30);(H,6,7)/b10-7+;. The minimum atomic E-state index is -5.08. The molecule has 38 heavy (non-hydrogen) atoms. The lowest BCUT2D eigenvalue weighted by atomic mass is 10.1. The zero-order valence-corrected chi connectivity index (χ0v) is 19.5. The molecule has 3 N–H and O–H groups in total. The minimum absolute atomic E-state index is 0.0237. The second-order valence-corrected chi connectivity index (χ2v) is 7.58. The SMILES string of the molecule is O=C(/C=C/c1cccc(C(=O)Nc2cccc(C(F)(F)F)c2)c1)Nc1ccc(Cl)cn1.O=C(O)C(F)(F)F. The third kappa shape index (κ3) is 9.93. The van der Waals surface area contributed by atoms with Gasteiger partial charge in [0.1, 0.15) is 5.82 Å². The van der Waals surface area contributed by atoms with Crippen molar-refractivity contribution in [2.24, 2.45) is 0 Å². The molecule has 0 saturated carbocycles. The number of carbonyl (C=O) groups excluding carboxylic acids is 2. The van der Waals surface area contributed by atoms with Gasteiger partial charge in [-0.25, -0.2) is 9.78 Å². The van der Waals surface area contributed by atoms with Crippen molar-refractivity contribution < 1.29 is 45.8 Å². The van der Waals surface area contributed by atoms with Crippen LogP contribution in [0.25, 0.3) is 6.08 Å². The summed E-state index contributed by atoms with van der Waals surface area (Å²) in [6, 6.07) is 13.8. The maximum absolute atomic E-state index is 12.8. The molecular formula is C24H16ClF6N3O4. The molecule has 0 saturated heterocycles. The number of hydrogen-bond donors (Lipinski definition) is 3. The van der Waals surface area contributed by atoms with E-state index in [0.717, 1.165) is 12.1 Å². The third-order valence-corrected chi connectivity index (χ3v) is 4.47. The number of benzene rings is 2. The molecule has 0 aliphatic carbocycles. The highest BCUT2D eigenvalue weighted by atomic mass is 35.5. The molecule has 14 heteroatoms. The van der Waals surface area contributed by atoms with E-state index in [1.807, 2.05) is 0 Å². The topological polar surface area (TPSA) is 108 Å². The maximum Gasteiger partial charge on any atom is 0.490 e. The lowest BCUT2D eigenvalue weighted by molar-refractivity contribution is -0.192. The quantitative estimate of drug-likeness (QED) is 0.251. The van der Waals surface area contributed by atoms with Gasteiger partial charge in [-0.2, -0.15) is 26.3 Å². The highest BCUT2D eigenvalue weighted by Gasteiger charge is 2.38. The Kier molecular flexibility index (Phi) is 9.99. The van der Waals surface area contributed by atoms with Gasteiger partial charge in [0, 0.05) is 23.5 Å². The van der Waals surface area contributed by atoms with Crippen LogP contribution in [0.5, 0.6) is 0 Å². The van der Waals surface area contributed by atoms with Crippen molar-refractivity contribution in [1.29, 1.82) is 0 Å². The van der Waals surface area contributed by atoms with Gasteiger partial charge in [0.15, 0.2) is 0 Å². The molecule has 1 heterocycles. The third-order valence-electron chi connectivity index (χ3n) is 4.24. The molecule has 0 aliphatic heterocycles. The Morgan fingerprint density at radius 2 is 1.55 bits per heavy atom. The van der Waals surface area contributed by atoms with Crippen molar-refractivity contribution in [3.05, 3.63) is 94.6 Å². The summed E-state index contributed by atoms with van der Waals surface area (Å²) in [5, 5.41) is 12.6. The first-order valence-corrected chi connectivity index (χ1v) is 10.5. The minimum Gasteiger partial charge on any atom is -0.475 e. The van der Waals surface area contributed by atoms with Gasteiger partial charge in [-0.05, 0) is 54.1 Å². The fourth-order valence-electron chi connectivity index (χ4n) is 2.55. The number of halogens is 7. The van der Waals surface area contributed by atoms with Gasteiger partial charge in [-0.1, -0.05) is 29.8 Å². The molecule has 1 aromatic heterocycles. The number of pyridine rings is 1. The summed E-state index contributed by atoms with van der Waals surface area (Å²) in [7, 11) is 0. The number of carboxylic acid groups (broad SMARTS) is 1. The highest BCUT2D eigenvalue weighted by Crippen LogP contribution is 2.30. The Morgan fingerprint density at radius 3 is 2.13 bits per heavy atom. The second-order valence-electron chi connectivity index (χ2n) is 7.15. The Hall–Kier alpha value is -4.39. The molecule has 0 radical (unpaired) electrons. The van der Waals surface area contributed by atoms with E-state index in [2.05, 4.69) is 15.6 Å². The summed E-state index contributed by atoms with van der Waals surface area (Å²) in [5.41, 5.74) is -0.0611. The van der Waals surface area contributed by atoms with Crippen LogP contribution in [0, 0.1) is 0 Å². The fraction of sp³-hybridized carbons (Fsp3) is 0.0833. The zero-order valence-electron chi connectivity index (χ0n) is 18.8. The van der Waals surface area contributed by atoms with Gasteiger partial charge in [-0.15, -0.1) is 0 Å². The van der Waals surface area contributed by atoms with E-state index in [0.29, 0.717) is 16.4 Å². The molecular weight excluding hydrogens is 544 g/mol. The summed E-state index contributed by atoms with van der Waals surface area (Å²) in [5.74, 6) is -3.45. The molecule has 0 atom stereocenters. The van der Waals surface area contributed by atoms with E-state index >= 15 is 0 Å². The average Bonchev–Trinajstić information content (AvgIpc) is 2.84. The zero-order chi connectivity index (χ0) is 28.5. The summed E-state index contributed by atoms with van der Waals surface area (Å²) < 4.78 is 70.2. The maximum atomic E-state index is 12.8. The van der Waals surface area contributed by atoms with Crippen LogP contribution in [0.15, 0.2) is 72.9 Å². The summed E-state index contributed by atoms with van der Waals surface area (Å²) in [6.07, 6.45) is -5.44. The number of nitrogens with one attached hydrogen (secondary N) is 2. The Morgan fingerprint density at radius 1 is 0.895 bits per heavy atom. The number of nitrogens with zero attached hydrogens (tertiary/aromatic N) is 1. The van der Waals surface area contributed by atoms with E-state index in [-0.39, 0.29) is 11.3 Å². The molecule has 0 bridgehead atoms. The highest BCUT2D eigenvalue weighted by molar-refractivity contribution is 6.30. The van der Waals surface area contributed by atoms with E-state index in [4.69, 9.17) is 21.5 Å². The van der Waals surface area contributed by atoms with Gasteiger partial charge >= 0.3 is 18.3 Å². The number of carboxylic acids is 1. The monoisotopic (exact) mass is 559 g/mol. The van der Waals surface area contributed by atoms with Gasteiger partial charge in [0.05, 0.1) is 10.6 Å². The number of amides is 2. The van der Waals surface area contributed by atoms with Crippen molar-refractivity contribution in [2.75, 3.05) is 10.6 Å². The molecule has 0 unspecified atom stereocenters. The van der Waals surface area contributed by atoms with Crippen LogP contribution in [-0.4, -0.2) is 34.1 Å². The van der Waals surface area contributed by atoms with E-state index in [9.17, 15) is 35.9 Å². The van der Waals surface area contributed by atoms with Crippen molar-refractivity contribution in [1.82, 2.24) is 4.98 Å². The molecule has 2 aromatic carbocycles. The number of rotatable bonds is 5. The van der Waals surface area contributed by atoms with E-state index in [1.165, 1.54) is 42.6 Å². The van der Waals surface area contributed by atoms with Crippen LogP contribution < -0.4 is 10.6 Å². The average molecular weight is 560 g/mol. The molecule has 200 valence electrons. The van der Waals surface area contributed by atoms with E-state index < -0.39 is 35.7 Å². The van der Waals surface area contributed by atoms with Gasteiger partial charge < -0.3 is 15.7 Å². The number of aromatic nitrogens is 1. The Balaban J connectivity index is 0.000000638. The normalized spacial score (nSPS) is 11.3. The number of carbonyl (C=O) groups is 3. The van der Waals surface area contributed by atoms with Crippen LogP contribution in [-0.2, 0) is 15.8 Å². The van der Waals surface area contributed by atoms with Crippen molar-refractivity contribution in [3.8, 4) is 0 Å². The lowest BCUT2D eigenvalue weighted by Gasteiger charge is -2.10. The van der Waals surface area contributed by atoms with Gasteiger partial charge in [0.2, 0.25) is 5.91 Å². The van der Waals surface area contributed by atoms with Gasteiger partial charge in [-0.3, -0.25) is 9.59 Å². The lowest BCUT2D eigenvalue weighted by Crippen LogP contribution is -2.21. The van der Waals surface area contributed by atoms with Crippen LogP contribution in [0.4, 0.5) is 37.8 Å². The molecule has 3 rings (SSSR count). The number of hydrogen-bond acceptors (Lipinski definition) is 4. The Bertz CT molecular complexity index is 1330. The molecule has 7 nitrogen and oxygen atoms in total. The summed E-state index contributed by atoms with van der Waals surface area (Å²) >= 11 is 5.74. The van der Waals surface area contributed by atoms with Crippen LogP contribution in [0.2, 0.25) is 5.02 Å². The predicted octanol–water partition coefficient (Wildman–Crippen LogP) is 6.29. The Labute approximate surface area is 215 Å². The predicted molar refractivity (Wildman–Crippen MR) is 126 cm³/mol. The second kappa shape index (κ2) is 12.7. The molecule has 0 spiro atoms. The number of anilines is 2.